The van der Waals surface area contributed by atoms with Gasteiger partial charge in [0.05, 0.1) is 28.0 Å². The van der Waals surface area contributed by atoms with E-state index in [-0.39, 0.29) is 29.5 Å². The average molecular weight is 314 g/mol. The number of aryl methyl sites for hydroxylation is 1. The van der Waals surface area contributed by atoms with Gasteiger partial charge in [0.2, 0.25) is 10.0 Å². The zero-order chi connectivity index (χ0) is 15.0. The Morgan fingerprint density at radius 1 is 1.25 bits per heavy atom. The van der Waals surface area contributed by atoms with Crippen LogP contribution in [-0.2, 0) is 19.9 Å². The summed E-state index contributed by atoms with van der Waals surface area (Å²) in [7, 11) is -6.83. The molecular formula is C12H14N2O4S2. The number of nitriles is 1. The van der Waals surface area contributed by atoms with Crippen LogP contribution in [0.25, 0.3) is 0 Å². The molecule has 1 fully saturated rings. The van der Waals surface area contributed by atoms with E-state index in [4.69, 9.17) is 5.26 Å². The van der Waals surface area contributed by atoms with Gasteiger partial charge < -0.3 is 0 Å². The molecule has 2 rings (SSSR count). The molecule has 0 amide bonds. The van der Waals surface area contributed by atoms with Gasteiger partial charge in [-0.25, -0.2) is 16.8 Å². The van der Waals surface area contributed by atoms with Gasteiger partial charge >= 0.3 is 0 Å². The van der Waals surface area contributed by atoms with E-state index in [1.165, 1.54) is 22.5 Å². The van der Waals surface area contributed by atoms with E-state index in [1.54, 1.807) is 6.92 Å². The van der Waals surface area contributed by atoms with Crippen LogP contribution in [0.4, 0.5) is 0 Å². The molecule has 8 heteroatoms. The van der Waals surface area contributed by atoms with Gasteiger partial charge in [0, 0.05) is 13.1 Å². The van der Waals surface area contributed by atoms with Crippen molar-refractivity contribution in [1.29, 1.82) is 5.26 Å². The van der Waals surface area contributed by atoms with Crippen LogP contribution in [0.5, 0.6) is 0 Å². The molecular weight excluding hydrogens is 300 g/mol. The predicted octanol–water partition coefficient (Wildman–Crippen LogP) is 0.286. The van der Waals surface area contributed by atoms with Crippen LogP contribution >= 0.6 is 0 Å². The molecule has 1 aromatic carbocycles. The predicted molar refractivity (Wildman–Crippen MR) is 73.3 cm³/mol. The van der Waals surface area contributed by atoms with Crippen LogP contribution in [0.15, 0.2) is 23.1 Å². The topological polar surface area (TPSA) is 95.3 Å². The molecule has 0 radical (unpaired) electrons. The number of nitrogens with zero attached hydrogens (tertiary/aromatic N) is 2. The Morgan fingerprint density at radius 3 is 2.35 bits per heavy atom. The first kappa shape index (κ1) is 15.0. The van der Waals surface area contributed by atoms with Crippen LogP contribution < -0.4 is 0 Å². The molecule has 0 saturated carbocycles. The normalized spacial score (nSPS) is 19.4. The maximum absolute atomic E-state index is 12.4. The summed E-state index contributed by atoms with van der Waals surface area (Å²) >= 11 is 0. The van der Waals surface area contributed by atoms with Gasteiger partial charge in [-0.05, 0) is 30.7 Å². The monoisotopic (exact) mass is 314 g/mol. The van der Waals surface area contributed by atoms with Crippen molar-refractivity contribution in [2.75, 3.05) is 24.6 Å². The Balaban J connectivity index is 2.32. The molecule has 1 saturated heterocycles. The van der Waals surface area contributed by atoms with Gasteiger partial charge in [-0.15, -0.1) is 0 Å². The fraction of sp³-hybridized carbons (Fsp3) is 0.417. The number of rotatable bonds is 2. The molecule has 1 aliphatic rings. The molecule has 6 nitrogen and oxygen atoms in total. The van der Waals surface area contributed by atoms with Crippen molar-refractivity contribution in [3.05, 3.63) is 29.3 Å². The molecule has 0 aliphatic carbocycles. The standard InChI is InChI=1S/C12H14N2O4S2/c1-10-8-12(3-2-11(10)9-13)20(17,18)14-4-6-19(15,16)7-5-14/h2-3,8H,4-7H2,1H3. The minimum absolute atomic E-state index is 0.0241. The van der Waals surface area contributed by atoms with E-state index in [0.29, 0.717) is 11.1 Å². The van der Waals surface area contributed by atoms with E-state index in [9.17, 15) is 16.8 Å². The van der Waals surface area contributed by atoms with Gasteiger partial charge in [-0.2, -0.15) is 9.57 Å². The van der Waals surface area contributed by atoms with Crippen LogP contribution in [0.1, 0.15) is 11.1 Å². The van der Waals surface area contributed by atoms with Gasteiger partial charge in [-0.1, -0.05) is 0 Å². The number of hydrogen-bond donors (Lipinski definition) is 0. The summed E-state index contributed by atoms with van der Waals surface area (Å²) in [5, 5.41) is 8.84. The molecule has 0 bridgehead atoms. The zero-order valence-electron chi connectivity index (χ0n) is 10.9. The summed E-state index contributed by atoms with van der Waals surface area (Å²) in [6, 6.07) is 6.26. The van der Waals surface area contributed by atoms with E-state index in [2.05, 4.69) is 0 Å². The third-order valence-electron chi connectivity index (χ3n) is 3.26. The highest BCUT2D eigenvalue weighted by molar-refractivity contribution is 7.92. The molecule has 0 atom stereocenters. The lowest BCUT2D eigenvalue weighted by atomic mass is 10.1. The number of sulfone groups is 1. The highest BCUT2D eigenvalue weighted by Gasteiger charge is 2.31. The molecule has 0 N–H and O–H groups in total. The second-order valence-corrected chi connectivity index (χ2v) is 8.89. The second-order valence-electron chi connectivity index (χ2n) is 4.64. The SMILES string of the molecule is Cc1cc(S(=O)(=O)N2CCS(=O)(=O)CC2)ccc1C#N. The third kappa shape index (κ3) is 2.85. The molecule has 20 heavy (non-hydrogen) atoms. The Labute approximate surface area is 118 Å². The molecule has 108 valence electrons. The van der Waals surface area contributed by atoms with Crippen molar-refractivity contribution in [2.24, 2.45) is 0 Å². The lowest BCUT2D eigenvalue weighted by Gasteiger charge is -2.26. The molecule has 1 aliphatic heterocycles. The van der Waals surface area contributed by atoms with Gasteiger partial charge in [0.1, 0.15) is 0 Å². The summed E-state index contributed by atoms with van der Waals surface area (Å²) in [4.78, 5) is 0.0910. The maximum Gasteiger partial charge on any atom is 0.243 e. The maximum atomic E-state index is 12.4. The van der Waals surface area contributed by atoms with E-state index < -0.39 is 19.9 Å². The zero-order valence-corrected chi connectivity index (χ0v) is 12.5. The van der Waals surface area contributed by atoms with Gasteiger partial charge in [0.15, 0.2) is 9.84 Å². The third-order valence-corrected chi connectivity index (χ3v) is 6.76. The van der Waals surface area contributed by atoms with Crippen molar-refractivity contribution < 1.29 is 16.8 Å². The summed E-state index contributed by atoms with van der Waals surface area (Å²) < 4.78 is 48.7. The highest BCUT2D eigenvalue weighted by Crippen LogP contribution is 2.20. The van der Waals surface area contributed by atoms with E-state index in [0.717, 1.165) is 0 Å². The first-order chi connectivity index (χ1) is 9.26. The fourth-order valence-electron chi connectivity index (χ4n) is 2.01. The largest absolute Gasteiger partial charge is 0.243 e. The number of benzene rings is 1. The van der Waals surface area contributed by atoms with Crippen molar-refractivity contribution in [1.82, 2.24) is 4.31 Å². The van der Waals surface area contributed by atoms with Gasteiger partial charge in [-0.3, -0.25) is 0 Å². The number of hydrogen-bond acceptors (Lipinski definition) is 5. The lowest BCUT2D eigenvalue weighted by Crippen LogP contribution is -2.43. The summed E-state index contributed by atoms with van der Waals surface area (Å²) in [6.45, 7) is 1.62. The molecule has 0 aromatic heterocycles. The van der Waals surface area contributed by atoms with Crippen molar-refractivity contribution >= 4 is 19.9 Å². The van der Waals surface area contributed by atoms with Crippen molar-refractivity contribution in [2.45, 2.75) is 11.8 Å². The van der Waals surface area contributed by atoms with Crippen LogP contribution in [0.3, 0.4) is 0 Å². The molecule has 1 heterocycles. The molecule has 1 aromatic rings. The second kappa shape index (κ2) is 5.16. The summed E-state index contributed by atoms with van der Waals surface area (Å²) in [5.41, 5.74) is 1.00. The van der Waals surface area contributed by atoms with E-state index >= 15 is 0 Å². The molecule has 0 spiro atoms. The Hall–Kier alpha value is -1.43. The van der Waals surface area contributed by atoms with Crippen molar-refractivity contribution in [3.8, 4) is 6.07 Å². The first-order valence-electron chi connectivity index (χ1n) is 5.97. The Bertz CT molecular complexity index is 762. The van der Waals surface area contributed by atoms with Crippen LogP contribution in [0, 0.1) is 18.3 Å². The lowest BCUT2D eigenvalue weighted by molar-refractivity contribution is 0.430. The minimum atomic E-state index is -3.70. The molecule has 0 unspecified atom stereocenters. The summed E-state index contributed by atoms with van der Waals surface area (Å²) in [5.74, 6) is -0.303. The smallest absolute Gasteiger partial charge is 0.229 e. The Morgan fingerprint density at radius 2 is 1.85 bits per heavy atom. The minimum Gasteiger partial charge on any atom is -0.229 e. The highest BCUT2D eigenvalue weighted by atomic mass is 32.2. The number of sulfonamides is 1. The average Bonchev–Trinajstić information content (AvgIpc) is 2.38. The Kier molecular flexibility index (Phi) is 3.86. The van der Waals surface area contributed by atoms with E-state index in [1.807, 2.05) is 6.07 Å². The quantitative estimate of drug-likeness (QED) is 0.781. The fourth-order valence-corrected chi connectivity index (χ4v) is 4.97. The van der Waals surface area contributed by atoms with Crippen LogP contribution in [0.2, 0.25) is 0 Å². The van der Waals surface area contributed by atoms with Crippen LogP contribution in [-0.4, -0.2) is 45.7 Å². The summed E-state index contributed by atoms with van der Waals surface area (Å²) in [6.07, 6.45) is 0. The first-order valence-corrected chi connectivity index (χ1v) is 9.24. The van der Waals surface area contributed by atoms with Crippen molar-refractivity contribution in [3.63, 3.8) is 0 Å². The van der Waals surface area contributed by atoms with Gasteiger partial charge in [0.25, 0.3) is 0 Å².